The average molecular weight is 237 g/mol. The third-order valence-corrected chi connectivity index (χ3v) is 3.49. The summed E-state index contributed by atoms with van der Waals surface area (Å²) in [6.45, 7) is 5.61. The van der Waals surface area contributed by atoms with E-state index < -0.39 is 0 Å². The topological polar surface area (TPSA) is 20.3 Å². The number of likely N-dealkylation sites (N-methyl/N-ethyl adjacent to an activating group) is 1. The maximum absolute atomic E-state index is 12.0. The lowest BCUT2D eigenvalue weighted by Crippen LogP contribution is -2.31. The molecule has 0 N–H and O–H groups in total. The number of carbonyl (C=O) groups is 1. The number of benzene rings is 1. The fourth-order valence-electron chi connectivity index (χ4n) is 1.70. The van der Waals surface area contributed by atoms with Gasteiger partial charge in [-0.3, -0.25) is 4.79 Å². The van der Waals surface area contributed by atoms with Crippen LogP contribution in [-0.2, 0) is 11.2 Å². The van der Waals surface area contributed by atoms with Crippen molar-refractivity contribution >= 4 is 17.7 Å². The van der Waals surface area contributed by atoms with E-state index in [0.29, 0.717) is 6.42 Å². The summed E-state index contributed by atoms with van der Waals surface area (Å²) in [6, 6.07) is 8.10. The zero-order chi connectivity index (χ0) is 12.0. The van der Waals surface area contributed by atoms with Crippen LogP contribution in [0.4, 0.5) is 0 Å². The van der Waals surface area contributed by atoms with Crippen molar-refractivity contribution in [2.24, 2.45) is 0 Å². The predicted octanol–water partition coefficient (Wildman–Crippen LogP) is 2.82. The molecule has 2 nitrogen and oxygen atoms in total. The van der Waals surface area contributed by atoms with Crippen molar-refractivity contribution in [3.63, 3.8) is 0 Å². The quantitative estimate of drug-likeness (QED) is 0.734. The Morgan fingerprint density at radius 3 is 2.44 bits per heavy atom. The monoisotopic (exact) mass is 237 g/mol. The molecule has 0 bridgehead atoms. The third kappa shape index (κ3) is 3.27. The predicted molar refractivity (Wildman–Crippen MR) is 69.9 cm³/mol. The van der Waals surface area contributed by atoms with Crippen molar-refractivity contribution in [2.45, 2.75) is 25.2 Å². The van der Waals surface area contributed by atoms with Gasteiger partial charge >= 0.3 is 0 Å². The van der Waals surface area contributed by atoms with E-state index in [-0.39, 0.29) is 5.91 Å². The van der Waals surface area contributed by atoms with E-state index in [9.17, 15) is 4.79 Å². The first kappa shape index (κ1) is 13.1. The van der Waals surface area contributed by atoms with Gasteiger partial charge in [-0.05, 0) is 31.7 Å². The van der Waals surface area contributed by atoms with Crippen molar-refractivity contribution in [3.05, 3.63) is 29.8 Å². The standard InChI is InChI=1S/C13H19NOS/c1-4-14(5-2)13(15)10-11-8-6-7-9-12(11)16-3/h6-9H,4-5,10H2,1-3H3. The molecule has 0 atom stereocenters. The molecule has 16 heavy (non-hydrogen) atoms. The van der Waals surface area contributed by atoms with Gasteiger partial charge in [0.1, 0.15) is 0 Å². The van der Waals surface area contributed by atoms with Crippen molar-refractivity contribution in [1.82, 2.24) is 4.90 Å². The molecule has 1 aromatic rings. The van der Waals surface area contributed by atoms with Gasteiger partial charge in [-0.2, -0.15) is 0 Å². The van der Waals surface area contributed by atoms with Crippen LogP contribution in [0.5, 0.6) is 0 Å². The number of nitrogens with zero attached hydrogens (tertiary/aromatic N) is 1. The van der Waals surface area contributed by atoms with Gasteiger partial charge in [0.2, 0.25) is 5.91 Å². The maximum Gasteiger partial charge on any atom is 0.227 e. The molecule has 1 aromatic carbocycles. The van der Waals surface area contributed by atoms with Crippen molar-refractivity contribution < 1.29 is 4.79 Å². The Hall–Kier alpha value is -0.960. The largest absolute Gasteiger partial charge is 0.343 e. The molecule has 0 spiro atoms. The number of thioether (sulfide) groups is 1. The molecular formula is C13H19NOS. The molecule has 0 heterocycles. The molecule has 0 aliphatic carbocycles. The SMILES string of the molecule is CCN(CC)C(=O)Cc1ccccc1SC. The van der Waals surface area contributed by atoms with Crippen LogP contribution in [0.25, 0.3) is 0 Å². The maximum atomic E-state index is 12.0. The van der Waals surface area contributed by atoms with E-state index in [1.165, 1.54) is 4.90 Å². The molecule has 0 fully saturated rings. The number of carbonyl (C=O) groups excluding carboxylic acids is 1. The molecule has 3 heteroatoms. The highest BCUT2D eigenvalue weighted by Crippen LogP contribution is 2.20. The Balaban J connectivity index is 2.76. The average Bonchev–Trinajstić information content (AvgIpc) is 2.31. The van der Waals surface area contributed by atoms with Gasteiger partial charge in [0.25, 0.3) is 0 Å². The van der Waals surface area contributed by atoms with E-state index >= 15 is 0 Å². The Bertz CT molecular complexity index is 348. The minimum Gasteiger partial charge on any atom is -0.343 e. The van der Waals surface area contributed by atoms with Crippen LogP contribution < -0.4 is 0 Å². The highest BCUT2D eigenvalue weighted by atomic mass is 32.2. The summed E-state index contributed by atoms with van der Waals surface area (Å²) >= 11 is 1.69. The summed E-state index contributed by atoms with van der Waals surface area (Å²) in [5.41, 5.74) is 1.13. The summed E-state index contributed by atoms with van der Waals surface area (Å²) in [7, 11) is 0. The molecule has 0 unspecified atom stereocenters. The van der Waals surface area contributed by atoms with E-state index in [1.807, 2.05) is 43.2 Å². The summed E-state index contributed by atoms with van der Waals surface area (Å²) in [4.78, 5) is 15.0. The summed E-state index contributed by atoms with van der Waals surface area (Å²) in [5, 5.41) is 0. The van der Waals surface area contributed by atoms with Crippen LogP contribution in [0.1, 0.15) is 19.4 Å². The second kappa shape index (κ2) is 6.59. The molecular weight excluding hydrogens is 218 g/mol. The fraction of sp³-hybridized carbons (Fsp3) is 0.462. The number of amides is 1. The molecule has 1 rings (SSSR count). The first-order chi connectivity index (χ1) is 7.72. The zero-order valence-corrected chi connectivity index (χ0v) is 11.0. The molecule has 0 aliphatic heterocycles. The number of rotatable bonds is 5. The van der Waals surface area contributed by atoms with Crippen LogP contribution in [0.3, 0.4) is 0 Å². The lowest BCUT2D eigenvalue weighted by atomic mass is 10.1. The molecule has 0 saturated heterocycles. The lowest BCUT2D eigenvalue weighted by Gasteiger charge is -2.19. The van der Waals surface area contributed by atoms with Gasteiger partial charge in [0, 0.05) is 18.0 Å². The Kier molecular flexibility index (Phi) is 5.39. The first-order valence-corrected chi connectivity index (χ1v) is 6.85. The normalized spacial score (nSPS) is 10.2. The minimum absolute atomic E-state index is 0.214. The van der Waals surface area contributed by atoms with Gasteiger partial charge < -0.3 is 4.90 Å². The van der Waals surface area contributed by atoms with Crippen molar-refractivity contribution in [1.29, 1.82) is 0 Å². The molecule has 1 amide bonds. The third-order valence-electron chi connectivity index (χ3n) is 2.65. The fourth-order valence-corrected chi connectivity index (χ4v) is 2.32. The summed E-state index contributed by atoms with van der Waals surface area (Å²) in [5.74, 6) is 0.214. The van der Waals surface area contributed by atoms with Crippen LogP contribution in [0.15, 0.2) is 29.2 Å². The molecule has 0 saturated carbocycles. The van der Waals surface area contributed by atoms with E-state index in [1.54, 1.807) is 11.8 Å². The summed E-state index contributed by atoms with van der Waals surface area (Å²) in [6.07, 6.45) is 2.55. The van der Waals surface area contributed by atoms with Crippen LogP contribution in [0.2, 0.25) is 0 Å². The van der Waals surface area contributed by atoms with Gasteiger partial charge in [-0.25, -0.2) is 0 Å². The smallest absolute Gasteiger partial charge is 0.227 e. The number of hydrogen-bond donors (Lipinski definition) is 0. The van der Waals surface area contributed by atoms with Gasteiger partial charge in [-0.15, -0.1) is 11.8 Å². The van der Waals surface area contributed by atoms with Crippen LogP contribution in [0, 0.1) is 0 Å². The molecule has 0 aliphatic rings. The molecule has 0 aromatic heterocycles. The second-order valence-corrected chi connectivity index (χ2v) is 4.40. The van der Waals surface area contributed by atoms with E-state index in [4.69, 9.17) is 0 Å². The Labute approximate surface area is 102 Å². The van der Waals surface area contributed by atoms with Gasteiger partial charge in [0.05, 0.1) is 6.42 Å². The van der Waals surface area contributed by atoms with Crippen LogP contribution in [-0.4, -0.2) is 30.2 Å². The highest BCUT2D eigenvalue weighted by Gasteiger charge is 2.12. The van der Waals surface area contributed by atoms with Gasteiger partial charge in [0.15, 0.2) is 0 Å². The van der Waals surface area contributed by atoms with Crippen molar-refractivity contribution in [2.75, 3.05) is 19.3 Å². The lowest BCUT2D eigenvalue weighted by molar-refractivity contribution is -0.130. The molecule has 0 radical (unpaired) electrons. The molecule has 88 valence electrons. The second-order valence-electron chi connectivity index (χ2n) is 3.55. The Morgan fingerprint density at radius 2 is 1.88 bits per heavy atom. The Morgan fingerprint density at radius 1 is 1.25 bits per heavy atom. The van der Waals surface area contributed by atoms with E-state index in [2.05, 4.69) is 6.07 Å². The number of hydrogen-bond acceptors (Lipinski definition) is 2. The zero-order valence-electron chi connectivity index (χ0n) is 10.2. The summed E-state index contributed by atoms with van der Waals surface area (Å²) < 4.78 is 0. The highest BCUT2D eigenvalue weighted by molar-refractivity contribution is 7.98. The van der Waals surface area contributed by atoms with Crippen LogP contribution >= 0.6 is 11.8 Å². The minimum atomic E-state index is 0.214. The van der Waals surface area contributed by atoms with Crippen molar-refractivity contribution in [3.8, 4) is 0 Å². The van der Waals surface area contributed by atoms with E-state index in [0.717, 1.165) is 18.7 Å². The first-order valence-electron chi connectivity index (χ1n) is 5.62. The van der Waals surface area contributed by atoms with Gasteiger partial charge in [-0.1, -0.05) is 18.2 Å².